The molecule has 0 aliphatic heterocycles. The van der Waals surface area contributed by atoms with Gasteiger partial charge in [-0.1, -0.05) is 0 Å². The minimum atomic E-state index is 0.602. The predicted octanol–water partition coefficient (Wildman–Crippen LogP) is 1.56. The molecule has 0 saturated carbocycles. The van der Waals surface area contributed by atoms with E-state index in [1.807, 2.05) is 36.0 Å². The second-order valence-electron chi connectivity index (χ2n) is 4.34. The number of hydrogen-bond acceptors (Lipinski definition) is 5. The maximum atomic E-state index is 5.96. The van der Waals surface area contributed by atoms with Crippen molar-refractivity contribution in [1.82, 2.24) is 19.7 Å². The summed E-state index contributed by atoms with van der Waals surface area (Å²) >= 11 is 0. The molecule has 3 N–H and O–H groups in total. The van der Waals surface area contributed by atoms with Gasteiger partial charge in [0, 0.05) is 41.6 Å². The molecule has 0 atom stereocenters. The normalized spacial score (nSPS) is 10.8. The number of anilines is 2. The molecule has 6 nitrogen and oxygen atoms in total. The first-order valence-corrected chi connectivity index (χ1v) is 5.94. The van der Waals surface area contributed by atoms with Crippen LogP contribution in [-0.4, -0.2) is 19.7 Å². The fraction of sp³-hybridized carbons (Fsp3) is 0.154. The summed E-state index contributed by atoms with van der Waals surface area (Å²) in [4.78, 5) is 4.15. The van der Waals surface area contributed by atoms with Crippen LogP contribution in [0.25, 0.3) is 10.8 Å². The van der Waals surface area contributed by atoms with Gasteiger partial charge < -0.3 is 15.6 Å². The number of nitrogen functional groups attached to an aromatic ring is 1. The lowest BCUT2D eigenvalue weighted by atomic mass is 10.1. The van der Waals surface area contributed by atoms with E-state index in [1.54, 1.807) is 12.5 Å². The van der Waals surface area contributed by atoms with Crippen molar-refractivity contribution in [3.05, 3.63) is 42.7 Å². The standard InChI is InChI=1S/C13H14N6/c1-19-8-17-18-13(19)7-16-12-3-2-11(14)9-4-5-15-6-10(9)12/h2-6,8,16H,7,14H2,1H3. The first-order valence-electron chi connectivity index (χ1n) is 5.94. The van der Waals surface area contributed by atoms with E-state index in [0.717, 1.165) is 28.0 Å². The molecular weight excluding hydrogens is 240 g/mol. The van der Waals surface area contributed by atoms with Gasteiger partial charge in [-0.05, 0) is 18.2 Å². The predicted molar refractivity (Wildman–Crippen MR) is 74.5 cm³/mol. The lowest BCUT2D eigenvalue weighted by Gasteiger charge is -2.10. The lowest BCUT2D eigenvalue weighted by molar-refractivity contribution is 0.813. The monoisotopic (exact) mass is 254 g/mol. The van der Waals surface area contributed by atoms with Crippen molar-refractivity contribution in [2.24, 2.45) is 7.05 Å². The van der Waals surface area contributed by atoms with Gasteiger partial charge in [0.05, 0.1) is 6.54 Å². The topological polar surface area (TPSA) is 81.7 Å². The molecule has 0 spiro atoms. The summed E-state index contributed by atoms with van der Waals surface area (Å²) in [5, 5.41) is 13.2. The molecule has 0 saturated heterocycles. The van der Waals surface area contributed by atoms with Crippen molar-refractivity contribution in [3.63, 3.8) is 0 Å². The summed E-state index contributed by atoms with van der Waals surface area (Å²) in [7, 11) is 1.92. The zero-order valence-corrected chi connectivity index (χ0v) is 10.5. The van der Waals surface area contributed by atoms with Gasteiger partial charge in [0.1, 0.15) is 6.33 Å². The Balaban J connectivity index is 1.93. The number of nitrogens with one attached hydrogen (secondary N) is 1. The molecule has 19 heavy (non-hydrogen) atoms. The van der Waals surface area contributed by atoms with Gasteiger partial charge in [0.15, 0.2) is 5.82 Å². The summed E-state index contributed by atoms with van der Waals surface area (Å²) in [6.07, 6.45) is 5.23. The fourth-order valence-electron chi connectivity index (χ4n) is 2.01. The van der Waals surface area contributed by atoms with Crippen molar-refractivity contribution in [1.29, 1.82) is 0 Å². The Bertz CT molecular complexity index is 718. The molecule has 96 valence electrons. The molecule has 2 heterocycles. The zero-order chi connectivity index (χ0) is 13.2. The molecule has 3 aromatic rings. The first kappa shape index (κ1) is 11.5. The quantitative estimate of drug-likeness (QED) is 0.693. The van der Waals surface area contributed by atoms with Crippen LogP contribution < -0.4 is 11.1 Å². The second kappa shape index (κ2) is 4.56. The van der Waals surface area contributed by atoms with Crippen LogP contribution in [0.3, 0.4) is 0 Å². The fourth-order valence-corrected chi connectivity index (χ4v) is 2.01. The molecule has 0 unspecified atom stereocenters. The highest BCUT2D eigenvalue weighted by Gasteiger charge is 2.05. The van der Waals surface area contributed by atoms with Gasteiger partial charge in [0.2, 0.25) is 0 Å². The minimum Gasteiger partial charge on any atom is -0.398 e. The van der Waals surface area contributed by atoms with Crippen LogP contribution in [0.2, 0.25) is 0 Å². The van der Waals surface area contributed by atoms with Gasteiger partial charge in [-0.25, -0.2) is 0 Å². The van der Waals surface area contributed by atoms with Gasteiger partial charge >= 0.3 is 0 Å². The summed E-state index contributed by atoms with van der Waals surface area (Å²) in [6.45, 7) is 0.602. The Labute approximate surface area is 110 Å². The number of nitrogens with zero attached hydrogens (tertiary/aromatic N) is 4. The van der Waals surface area contributed by atoms with Gasteiger partial charge in [0.25, 0.3) is 0 Å². The van der Waals surface area contributed by atoms with Crippen LogP contribution in [0.4, 0.5) is 11.4 Å². The Morgan fingerprint density at radius 2 is 2.16 bits per heavy atom. The molecule has 0 amide bonds. The summed E-state index contributed by atoms with van der Waals surface area (Å²) in [5.41, 5.74) is 7.70. The zero-order valence-electron chi connectivity index (χ0n) is 10.5. The van der Waals surface area contributed by atoms with Crippen LogP contribution >= 0.6 is 0 Å². The Hall–Kier alpha value is -2.63. The van der Waals surface area contributed by atoms with Crippen molar-refractivity contribution >= 4 is 22.1 Å². The van der Waals surface area contributed by atoms with E-state index in [1.165, 1.54) is 0 Å². The second-order valence-corrected chi connectivity index (χ2v) is 4.34. The third kappa shape index (κ3) is 2.08. The maximum absolute atomic E-state index is 5.96. The molecule has 0 aliphatic carbocycles. The number of hydrogen-bond donors (Lipinski definition) is 2. The summed E-state index contributed by atoms with van der Waals surface area (Å²) in [5.74, 6) is 0.869. The van der Waals surface area contributed by atoms with Crippen LogP contribution in [0, 0.1) is 0 Å². The number of rotatable bonds is 3. The van der Waals surface area contributed by atoms with Crippen molar-refractivity contribution in [2.75, 3.05) is 11.1 Å². The average molecular weight is 254 g/mol. The molecule has 3 rings (SSSR count). The van der Waals surface area contributed by atoms with Gasteiger partial charge in [-0.15, -0.1) is 10.2 Å². The van der Waals surface area contributed by atoms with E-state index in [9.17, 15) is 0 Å². The lowest BCUT2D eigenvalue weighted by Crippen LogP contribution is -2.06. The third-order valence-corrected chi connectivity index (χ3v) is 3.09. The van der Waals surface area contributed by atoms with Crippen molar-refractivity contribution in [2.45, 2.75) is 6.54 Å². The number of aromatic nitrogens is 4. The van der Waals surface area contributed by atoms with E-state index in [2.05, 4.69) is 20.5 Å². The molecule has 0 fully saturated rings. The molecule has 2 aromatic heterocycles. The van der Waals surface area contributed by atoms with E-state index < -0.39 is 0 Å². The number of fused-ring (bicyclic) bond motifs is 1. The highest BCUT2D eigenvalue weighted by atomic mass is 15.3. The van der Waals surface area contributed by atoms with Crippen LogP contribution in [-0.2, 0) is 13.6 Å². The van der Waals surface area contributed by atoms with Crippen LogP contribution in [0.5, 0.6) is 0 Å². The number of aryl methyl sites for hydroxylation is 1. The number of pyridine rings is 1. The minimum absolute atomic E-state index is 0.602. The van der Waals surface area contributed by atoms with Crippen molar-refractivity contribution in [3.8, 4) is 0 Å². The molecule has 0 aliphatic rings. The largest absolute Gasteiger partial charge is 0.398 e. The van der Waals surface area contributed by atoms with E-state index in [4.69, 9.17) is 5.73 Å². The third-order valence-electron chi connectivity index (χ3n) is 3.09. The summed E-state index contributed by atoms with van der Waals surface area (Å²) in [6, 6.07) is 5.76. The first-order chi connectivity index (χ1) is 9.25. The number of benzene rings is 1. The molecular formula is C13H14N6. The van der Waals surface area contributed by atoms with E-state index in [-0.39, 0.29) is 0 Å². The molecule has 0 bridgehead atoms. The Morgan fingerprint density at radius 3 is 2.95 bits per heavy atom. The Kier molecular flexibility index (Phi) is 2.75. The molecule has 1 aromatic carbocycles. The molecule has 0 radical (unpaired) electrons. The van der Waals surface area contributed by atoms with Gasteiger partial charge in [-0.3, -0.25) is 4.98 Å². The smallest absolute Gasteiger partial charge is 0.151 e. The Morgan fingerprint density at radius 1 is 1.26 bits per heavy atom. The highest BCUT2D eigenvalue weighted by Crippen LogP contribution is 2.27. The van der Waals surface area contributed by atoms with E-state index in [0.29, 0.717) is 6.54 Å². The SMILES string of the molecule is Cn1cnnc1CNc1ccc(N)c2ccncc12. The maximum Gasteiger partial charge on any atom is 0.151 e. The average Bonchev–Trinajstić information content (AvgIpc) is 2.84. The number of nitrogens with two attached hydrogens (primary N) is 1. The van der Waals surface area contributed by atoms with Crippen LogP contribution in [0.1, 0.15) is 5.82 Å². The highest BCUT2D eigenvalue weighted by molar-refractivity contribution is 6.00. The summed E-state index contributed by atoms with van der Waals surface area (Å²) < 4.78 is 1.88. The van der Waals surface area contributed by atoms with Gasteiger partial charge in [-0.2, -0.15) is 0 Å². The molecule has 6 heteroatoms. The van der Waals surface area contributed by atoms with Crippen molar-refractivity contribution < 1.29 is 0 Å². The van der Waals surface area contributed by atoms with E-state index >= 15 is 0 Å². The van der Waals surface area contributed by atoms with Crippen LogP contribution in [0.15, 0.2) is 36.9 Å².